The van der Waals surface area contributed by atoms with Crippen molar-refractivity contribution >= 4 is 15.9 Å². The molecule has 0 aliphatic carbocycles. The number of piperazine rings is 1. The molecule has 2 aromatic carbocycles. The Hall–Kier alpha value is -2.81. The quantitative estimate of drug-likeness (QED) is 0.463. The third-order valence-electron chi connectivity index (χ3n) is 6.57. The van der Waals surface area contributed by atoms with E-state index in [-0.39, 0.29) is 37.7 Å². The van der Waals surface area contributed by atoms with Gasteiger partial charge in [0, 0.05) is 25.2 Å². The van der Waals surface area contributed by atoms with Crippen molar-refractivity contribution in [1.29, 1.82) is 0 Å². The molecule has 4 rings (SSSR count). The molecule has 208 valence electrons. The van der Waals surface area contributed by atoms with Crippen LogP contribution in [0, 0.1) is 0 Å². The van der Waals surface area contributed by atoms with Crippen LogP contribution >= 0.6 is 0 Å². The van der Waals surface area contributed by atoms with E-state index in [0.717, 1.165) is 28.6 Å². The minimum absolute atomic E-state index is 0.147. The first kappa shape index (κ1) is 28.2. The number of rotatable bonds is 4. The maximum absolute atomic E-state index is 13.2. The van der Waals surface area contributed by atoms with E-state index in [1.54, 1.807) is 0 Å². The smallest absolute Gasteiger partial charge is 0.334 e. The lowest BCUT2D eigenvalue weighted by Gasteiger charge is -2.40. The van der Waals surface area contributed by atoms with Crippen molar-refractivity contribution in [3.05, 3.63) is 64.7 Å². The van der Waals surface area contributed by atoms with Crippen LogP contribution in [0.2, 0.25) is 0 Å². The monoisotopic (exact) mass is 574 g/mol. The van der Waals surface area contributed by atoms with Gasteiger partial charge in [-0.1, -0.05) is 12.1 Å². The number of benzene rings is 2. The van der Waals surface area contributed by atoms with Crippen molar-refractivity contribution in [3.8, 4) is 0 Å². The lowest BCUT2D eigenvalue weighted by atomic mass is 10.1. The Balaban J connectivity index is 1.55. The summed E-state index contributed by atoms with van der Waals surface area (Å²) in [6.07, 6.45) is -14.6. The van der Waals surface area contributed by atoms with Gasteiger partial charge < -0.3 is 4.90 Å². The van der Waals surface area contributed by atoms with Crippen LogP contribution in [0.3, 0.4) is 0 Å². The predicted molar refractivity (Wildman–Crippen MR) is 114 cm³/mol. The standard InChI is InChI=1S/C23H19F9N2O3S/c24-21(25,26)14-3-1-13(2-4-14)7-20(35)34-17-5-6-18(34)12-33(11-17)38(36,37)19-9-15(22(27,28)29)8-16(10-19)23(30,31)32/h1-4,8-10,17-18H,5-7,11-12H2. The summed E-state index contributed by atoms with van der Waals surface area (Å²) in [4.78, 5) is 13.2. The van der Waals surface area contributed by atoms with Gasteiger partial charge in [-0.15, -0.1) is 0 Å². The van der Waals surface area contributed by atoms with Gasteiger partial charge in [-0.25, -0.2) is 8.42 Å². The van der Waals surface area contributed by atoms with Gasteiger partial charge in [-0.05, 0) is 48.7 Å². The second kappa shape index (κ2) is 9.43. The second-order valence-corrected chi connectivity index (χ2v) is 11.1. The van der Waals surface area contributed by atoms with Crippen molar-refractivity contribution in [2.45, 2.75) is 54.8 Å². The van der Waals surface area contributed by atoms with E-state index in [4.69, 9.17) is 0 Å². The van der Waals surface area contributed by atoms with Gasteiger partial charge in [-0.2, -0.15) is 43.8 Å². The summed E-state index contributed by atoms with van der Waals surface area (Å²) in [6, 6.07) is 2.68. The van der Waals surface area contributed by atoms with Gasteiger partial charge >= 0.3 is 18.5 Å². The molecule has 2 fully saturated rings. The van der Waals surface area contributed by atoms with Gasteiger partial charge in [0.25, 0.3) is 0 Å². The van der Waals surface area contributed by atoms with Crippen molar-refractivity contribution in [3.63, 3.8) is 0 Å². The van der Waals surface area contributed by atoms with E-state index < -0.39 is 68.1 Å². The molecule has 0 N–H and O–H groups in total. The molecule has 38 heavy (non-hydrogen) atoms. The Morgan fingerprint density at radius 2 is 1.18 bits per heavy atom. The van der Waals surface area contributed by atoms with E-state index in [1.165, 1.54) is 4.90 Å². The van der Waals surface area contributed by atoms with Crippen LogP contribution < -0.4 is 0 Å². The van der Waals surface area contributed by atoms with Crippen molar-refractivity contribution in [2.75, 3.05) is 13.1 Å². The molecule has 15 heteroatoms. The molecule has 2 atom stereocenters. The summed E-state index contributed by atoms with van der Waals surface area (Å²) in [5.41, 5.74) is -4.13. The van der Waals surface area contributed by atoms with Gasteiger partial charge in [0.15, 0.2) is 0 Å². The molecule has 2 aliphatic rings. The zero-order valence-electron chi connectivity index (χ0n) is 19.2. The fourth-order valence-corrected chi connectivity index (χ4v) is 6.36. The maximum Gasteiger partial charge on any atom is 0.416 e. The SMILES string of the molecule is O=C(Cc1ccc(C(F)(F)F)cc1)N1C2CCC1CN(S(=O)(=O)c1cc(C(F)(F)F)cc(C(F)(F)F)c1)C2. The maximum atomic E-state index is 13.2. The molecule has 0 aromatic heterocycles. The molecule has 5 nitrogen and oxygen atoms in total. The topological polar surface area (TPSA) is 57.7 Å². The third kappa shape index (κ3) is 5.63. The molecule has 0 spiro atoms. The molecule has 0 radical (unpaired) electrons. The number of fused-ring (bicyclic) bond motifs is 2. The van der Waals surface area contributed by atoms with Crippen LogP contribution in [-0.4, -0.2) is 48.7 Å². The van der Waals surface area contributed by atoms with Crippen molar-refractivity contribution < 1.29 is 52.7 Å². The zero-order chi connectivity index (χ0) is 28.3. The summed E-state index contributed by atoms with van der Waals surface area (Å²) in [5, 5.41) is 0. The highest BCUT2D eigenvalue weighted by atomic mass is 32.2. The van der Waals surface area contributed by atoms with Gasteiger partial charge in [-0.3, -0.25) is 4.79 Å². The highest BCUT2D eigenvalue weighted by molar-refractivity contribution is 7.89. The first-order chi connectivity index (χ1) is 17.4. The van der Waals surface area contributed by atoms with Gasteiger partial charge in [0.2, 0.25) is 15.9 Å². The number of hydrogen-bond donors (Lipinski definition) is 0. The molecule has 1 amide bonds. The molecule has 2 heterocycles. The summed E-state index contributed by atoms with van der Waals surface area (Å²) < 4.78 is 145. The number of sulfonamides is 1. The number of nitrogens with zero attached hydrogens (tertiary/aromatic N) is 2. The highest BCUT2D eigenvalue weighted by Crippen LogP contribution is 2.39. The number of halogens is 9. The summed E-state index contributed by atoms with van der Waals surface area (Å²) >= 11 is 0. The van der Waals surface area contributed by atoms with Crippen LogP contribution in [0.5, 0.6) is 0 Å². The second-order valence-electron chi connectivity index (χ2n) is 9.12. The molecule has 2 aliphatic heterocycles. The fraction of sp³-hybridized carbons (Fsp3) is 0.435. The van der Waals surface area contributed by atoms with E-state index in [2.05, 4.69) is 0 Å². The normalized spacial score (nSPS) is 21.1. The lowest BCUT2D eigenvalue weighted by molar-refractivity contribution is -0.143. The molecule has 2 unspecified atom stereocenters. The van der Waals surface area contributed by atoms with Crippen molar-refractivity contribution in [2.24, 2.45) is 0 Å². The van der Waals surface area contributed by atoms with E-state index in [1.807, 2.05) is 0 Å². The fourth-order valence-electron chi connectivity index (χ4n) is 4.77. The number of carbonyl (C=O) groups excluding carboxylic acids is 1. The Labute approximate surface area is 210 Å². The highest BCUT2D eigenvalue weighted by Gasteiger charge is 2.47. The summed E-state index contributed by atoms with van der Waals surface area (Å²) in [6.45, 7) is -0.704. The average Bonchev–Trinajstić information content (AvgIpc) is 3.06. The average molecular weight is 574 g/mol. The molecular formula is C23H19F9N2O3S. The third-order valence-corrected chi connectivity index (χ3v) is 8.38. The minimum atomic E-state index is -5.23. The summed E-state index contributed by atoms with van der Waals surface area (Å²) in [7, 11) is -4.79. The Morgan fingerprint density at radius 3 is 1.61 bits per heavy atom. The van der Waals surface area contributed by atoms with Crippen LogP contribution in [0.4, 0.5) is 39.5 Å². The van der Waals surface area contributed by atoms with E-state index in [9.17, 15) is 52.7 Å². The lowest BCUT2D eigenvalue weighted by Crippen LogP contribution is -2.57. The van der Waals surface area contributed by atoms with E-state index >= 15 is 0 Å². The number of hydrogen-bond acceptors (Lipinski definition) is 3. The Morgan fingerprint density at radius 1 is 0.737 bits per heavy atom. The molecule has 2 bridgehead atoms. The first-order valence-electron chi connectivity index (χ1n) is 11.1. The zero-order valence-corrected chi connectivity index (χ0v) is 20.0. The van der Waals surface area contributed by atoms with Gasteiger partial charge in [0.1, 0.15) is 0 Å². The van der Waals surface area contributed by atoms with Crippen molar-refractivity contribution in [1.82, 2.24) is 9.21 Å². The molecule has 2 aromatic rings. The Kier molecular flexibility index (Phi) is 7.00. The van der Waals surface area contributed by atoms with Crippen LogP contribution in [0.15, 0.2) is 47.4 Å². The number of alkyl halides is 9. The largest absolute Gasteiger partial charge is 0.416 e. The molecule has 0 saturated carbocycles. The van der Waals surface area contributed by atoms with Crippen LogP contribution in [0.1, 0.15) is 35.1 Å². The van der Waals surface area contributed by atoms with Crippen LogP contribution in [0.25, 0.3) is 0 Å². The molecular weight excluding hydrogens is 555 g/mol. The van der Waals surface area contributed by atoms with Gasteiger partial charge in [0.05, 0.1) is 28.0 Å². The predicted octanol–water partition coefficient (Wildman–Crippen LogP) is 5.35. The minimum Gasteiger partial charge on any atom is -0.334 e. The first-order valence-corrected chi connectivity index (χ1v) is 12.6. The van der Waals surface area contributed by atoms with Crippen LogP contribution in [-0.2, 0) is 39.8 Å². The van der Waals surface area contributed by atoms with E-state index in [0.29, 0.717) is 18.4 Å². The number of carbonyl (C=O) groups is 1. The Bertz CT molecular complexity index is 1270. The summed E-state index contributed by atoms with van der Waals surface area (Å²) in [5.74, 6) is -0.479. The number of amides is 1. The molecule has 2 saturated heterocycles.